The molecule has 4 rings (SSSR count). The summed E-state index contributed by atoms with van der Waals surface area (Å²) in [6.45, 7) is 18.3. The number of hydrogen-bond acceptors (Lipinski definition) is 1. The van der Waals surface area contributed by atoms with Crippen molar-refractivity contribution in [2.45, 2.75) is 66.3 Å². The molecule has 3 aromatic rings. The maximum absolute atomic E-state index is 2.51. The number of benzene rings is 3. The second-order valence-corrected chi connectivity index (χ2v) is 10.2. The zero-order chi connectivity index (χ0) is 21.1. The van der Waals surface area contributed by atoms with Crippen molar-refractivity contribution in [2.24, 2.45) is 0 Å². The molecule has 0 saturated carbocycles. The standard InChI is InChI=1S/C28H33N/c1-18-13-14-21-22-17-26(20(3)16-24(22)28(7,8)23(21)15-18)29(27(4,5)6)25-12-10-9-11-19(25)2/h9-17H,1-8H3. The Morgan fingerprint density at radius 2 is 1.34 bits per heavy atom. The fourth-order valence-electron chi connectivity index (χ4n) is 4.90. The maximum atomic E-state index is 2.51. The Morgan fingerprint density at radius 3 is 2.00 bits per heavy atom. The van der Waals surface area contributed by atoms with E-state index in [1.54, 1.807) is 0 Å². The molecule has 3 aromatic carbocycles. The van der Waals surface area contributed by atoms with E-state index >= 15 is 0 Å². The molecule has 0 aliphatic heterocycles. The van der Waals surface area contributed by atoms with E-state index < -0.39 is 0 Å². The molecule has 150 valence electrons. The molecule has 1 aliphatic rings. The van der Waals surface area contributed by atoms with Gasteiger partial charge in [-0.15, -0.1) is 0 Å². The van der Waals surface area contributed by atoms with Crippen LogP contribution in [-0.2, 0) is 5.41 Å². The minimum atomic E-state index is -0.0324. The van der Waals surface area contributed by atoms with Crippen molar-refractivity contribution in [3.05, 3.63) is 82.4 Å². The highest BCUT2D eigenvalue weighted by Gasteiger charge is 2.37. The quantitative estimate of drug-likeness (QED) is 0.435. The highest BCUT2D eigenvalue weighted by molar-refractivity contribution is 5.86. The summed E-state index contributed by atoms with van der Waals surface area (Å²) in [7, 11) is 0. The molecule has 0 bridgehead atoms. The van der Waals surface area contributed by atoms with Crippen LogP contribution < -0.4 is 4.90 Å². The second kappa shape index (κ2) is 6.49. The average Bonchev–Trinajstić information content (AvgIpc) is 2.83. The molecule has 0 atom stereocenters. The lowest BCUT2D eigenvalue weighted by Gasteiger charge is -2.40. The smallest absolute Gasteiger partial charge is 0.0451 e. The molecule has 1 heteroatoms. The van der Waals surface area contributed by atoms with Gasteiger partial charge in [0, 0.05) is 22.3 Å². The van der Waals surface area contributed by atoms with E-state index in [9.17, 15) is 0 Å². The topological polar surface area (TPSA) is 3.24 Å². The van der Waals surface area contributed by atoms with E-state index in [1.165, 1.54) is 50.3 Å². The van der Waals surface area contributed by atoms with Crippen LogP contribution >= 0.6 is 0 Å². The van der Waals surface area contributed by atoms with Crippen LogP contribution in [0.15, 0.2) is 54.6 Å². The lowest BCUT2D eigenvalue weighted by Crippen LogP contribution is -2.38. The van der Waals surface area contributed by atoms with Crippen molar-refractivity contribution >= 4 is 11.4 Å². The number of para-hydroxylation sites is 1. The number of aryl methyl sites for hydroxylation is 3. The van der Waals surface area contributed by atoms with E-state index in [0.717, 1.165) is 0 Å². The zero-order valence-corrected chi connectivity index (χ0v) is 19.1. The van der Waals surface area contributed by atoms with Crippen LogP contribution in [-0.4, -0.2) is 5.54 Å². The van der Waals surface area contributed by atoms with Crippen LogP contribution in [0.3, 0.4) is 0 Å². The number of fused-ring (bicyclic) bond motifs is 3. The van der Waals surface area contributed by atoms with Gasteiger partial charge < -0.3 is 4.90 Å². The summed E-state index contributed by atoms with van der Waals surface area (Å²) in [5, 5.41) is 0. The first-order valence-corrected chi connectivity index (χ1v) is 10.6. The Balaban J connectivity index is 1.99. The predicted molar refractivity (Wildman–Crippen MR) is 127 cm³/mol. The monoisotopic (exact) mass is 383 g/mol. The first kappa shape index (κ1) is 19.8. The van der Waals surface area contributed by atoms with Gasteiger partial charge in [-0.1, -0.05) is 61.9 Å². The van der Waals surface area contributed by atoms with Crippen molar-refractivity contribution in [2.75, 3.05) is 4.90 Å². The summed E-state index contributed by atoms with van der Waals surface area (Å²) in [5.41, 5.74) is 12.2. The van der Waals surface area contributed by atoms with Crippen LogP contribution in [0.4, 0.5) is 11.4 Å². The Bertz CT molecular complexity index is 1100. The number of rotatable bonds is 2. The predicted octanol–water partition coefficient (Wildman–Crippen LogP) is 7.85. The summed E-state index contributed by atoms with van der Waals surface area (Å²) < 4.78 is 0. The van der Waals surface area contributed by atoms with E-state index in [1.807, 2.05) is 0 Å². The van der Waals surface area contributed by atoms with E-state index in [4.69, 9.17) is 0 Å². The summed E-state index contributed by atoms with van der Waals surface area (Å²) in [4.78, 5) is 2.51. The van der Waals surface area contributed by atoms with Gasteiger partial charge in [0.1, 0.15) is 0 Å². The van der Waals surface area contributed by atoms with Crippen molar-refractivity contribution in [3.8, 4) is 11.1 Å². The first-order chi connectivity index (χ1) is 13.5. The van der Waals surface area contributed by atoms with E-state index in [2.05, 4.69) is 115 Å². The molecule has 0 heterocycles. The summed E-state index contributed by atoms with van der Waals surface area (Å²) in [6.07, 6.45) is 0. The Kier molecular flexibility index (Phi) is 4.42. The van der Waals surface area contributed by atoms with Crippen LogP contribution in [0.5, 0.6) is 0 Å². The summed E-state index contributed by atoms with van der Waals surface area (Å²) in [5.74, 6) is 0. The summed E-state index contributed by atoms with van der Waals surface area (Å²) in [6, 6.07) is 20.5. The van der Waals surface area contributed by atoms with Crippen LogP contribution in [0.2, 0.25) is 0 Å². The van der Waals surface area contributed by atoms with E-state index in [-0.39, 0.29) is 11.0 Å². The molecule has 0 radical (unpaired) electrons. The van der Waals surface area contributed by atoms with Gasteiger partial charge in [-0.2, -0.15) is 0 Å². The van der Waals surface area contributed by atoms with Crippen LogP contribution in [0.1, 0.15) is 62.4 Å². The molecule has 0 N–H and O–H groups in total. The lowest BCUT2D eigenvalue weighted by atomic mass is 9.81. The molecule has 0 fully saturated rings. The SMILES string of the molecule is Cc1ccc2c(c1)C(C)(C)c1cc(C)c(N(c3ccccc3C)C(C)(C)C)cc1-2. The minimum absolute atomic E-state index is 0.0324. The van der Waals surface area contributed by atoms with Gasteiger partial charge in [0.25, 0.3) is 0 Å². The Labute approximate surface area is 176 Å². The molecular formula is C28H33N. The third kappa shape index (κ3) is 3.08. The fourth-order valence-corrected chi connectivity index (χ4v) is 4.90. The number of nitrogens with zero attached hydrogens (tertiary/aromatic N) is 1. The third-order valence-electron chi connectivity index (χ3n) is 6.42. The molecule has 0 aromatic heterocycles. The fraction of sp³-hybridized carbons (Fsp3) is 0.357. The number of hydrogen-bond donors (Lipinski definition) is 0. The lowest BCUT2D eigenvalue weighted by molar-refractivity contribution is 0.558. The minimum Gasteiger partial charge on any atom is -0.336 e. The molecule has 1 aliphatic carbocycles. The van der Waals surface area contributed by atoms with Gasteiger partial charge in [0.05, 0.1) is 0 Å². The van der Waals surface area contributed by atoms with Crippen molar-refractivity contribution in [1.82, 2.24) is 0 Å². The molecule has 0 saturated heterocycles. The molecule has 0 spiro atoms. The molecule has 0 amide bonds. The average molecular weight is 384 g/mol. The van der Waals surface area contributed by atoms with Crippen LogP contribution in [0, 0.1) is 20.8 Å². The molecule has 29 heavy (non-hydrogen) atoms. The highest BCUT2D eigenvalue weighted by Crippen LogP contribution is 2.51. The maximum Gasteiger partial charge on any atom is 0.0451 e. The van der Waals surface area contributed by atoms with Gasteiger partial charge in [-0.25, -0.2) is 0 Å². The molecular weight excluding hydrogens is 350 g/mol. The first-order valence-electron chi connectivity index (χ1n) is 10.6. The van der Waals surface area contributed by atoms with Crippen molar-refractivity contribution in [3.63, 3.8) is 0 Å². The Hall–Kier alpha value is -2.54. The van der Waals surface area contributed by atoms with Gasteiger partial charge in [-0.3, -0.25) is 0 Å². The highest BCUT2D eigenvalue weighted by atomic mass is 15.2. The van der Waals surface area contributed by atoms with Gasteiger partial charge in [0.15, 0.2) is 0 Å². The number of anilines is 2. The normalized spacial score (nSPS) is 14.5. The largest absolute Gasteiger partial charge is 0.336 e. The van der Waals surface area contributed by atoms with Crippen molar-refractivity contribution in [1.29, 1.82) is 0 Å². The van der Waals surface area contributed by atoms with E-state index in [0.29, 0.717) is 0 Å². The molecule has 1 nitrogen and oxygen atoms in total. The summed E-state index contributed by atoms with van der Waals surface area (Å²) >= 11 is 0. The van der Waals surface area contributed by atoms with Gasteiger partial charge >= 0.3 is 0 Å². The second-order valence-electron chi connectivity index (χ2n) is 10.2. The van der Waals surface area contributed by atoms with Crippen LogP contribution in [0.25, 0.3) is 11.1 Å². The van der Waals surface area contributed by atoms with Crippen molar-refractivity contribution < 1.29 is 0 Å². The molecule has 0 unspecified atom stereocenters. The third-order valence-corrected chi connectivity index (χ3v) is 6.42. The zero-order valence-electron chi connectivity index (χ0n) is 19.1. The Morgan fingerprint density at radius 1 is 0.690 bits per heavy atom. The van der Waals surface area contributed by atoms with Gasteiger partial charge in [-0.05, 0) is 87.1 Å². The van der Waals surface area contributed by atoms with Gasteiger partial charge in [0.2, 0.25) is 0 Å².